The van der Waals surface area contributed by atoms with Crippen molar-refractivity contribution in [2.75, 3.05) is 7.05 Å². The number of carbonyl (C=O) groups is 1. The van der Waals surface area contributed by atoms with Gasteiger partial charge in [-0.25, -0.2) is 19.9 Å². The lowest BCUT2D eigenvalue weighted by molar-refractivity contribution is 0.0785. The Morgan fingerprint density at radius 3 is 2.66 bits per heavy atom. The first-order valence-electron chi connectivity index (χ1n) is 9.07. The third kappa shape index (κ3) is 3.77. The number of hydrogen-bond donors (Lipinski definition) is 1. The number of aromatic amines is 1. The molecular weight excluding hydrogens is 388 g/mol. The molecule has 8 nitrogen and oxygen atoms in total. The van der Waals surface area contributed by atoms with E-state index >= 15 is 0 Å². The summed E-state index contributed by atoms with van der Waals surface area (Å²) in [6.07, 6.45) is 3.90. The van der Waals surface area contributed by atoms with Crippen LogP contribution in [0.4, 0.5) is 0 Å². The Bertz CT molecular complexity index is 1230. The fourth-order valence-corrected chi connectivity index (χ4v) is 4.04. The molecule has 1 aromatic carbocycles. The highest BCUT2D eigenvalue weighted by atomic mass is 32.1. The summed E-state index contributed by atoms with van der Waals surface area (Å²) in [5.41, 5.74) is 1.08. The third-order valence-corrected chi connectivity index (χ3v) is 5.46. The van der Waals surface area contributed by atoms with E-state index in [1.165, 1.54) is 16.2 Å². The molecule has 4 rings (SSSR count). The van der Waals surface area contributed by atoms with E-state index in [2.05, 4.69) is 24.9 Å². The van der Waals surface area contributed by atoms with Gasteiger partial charge < -0.3 is 9.88 Å². The summed E-state index contributed by atoms with van der Waals surface area (Å²) in [7, 11) is 1.68. The van der Waals surface area contributed by atoms with Gasteiger partial charge in [-0.15, -0.1) is 11.3 Å². The van der Waals surface area contributed by atoms with Gasteiger partial charge in [0.1, 0.15) is 10.7 Å². The average Bonchev–Trinajstić information content (AvgIpc) is 3.18. The smallest absolute Gasteiger partial charge is 0.266 e. The first-order valence-corrected chi connectivity index (χ1v) is 9.89. The molecule has 0 aliphatic rings. The molecule has 0 atom stereocenters. The number of benzene rings is 1. The molecule has 1 amide bonds. The van der Waals surface area contributed by atoms with E-state index < -0.39 is 0 Å². The molecule has 3 aromatic heterocycles. The molecule has 0 bridgehead atoms. The summed E-state index contributed by atoms with van der Waals surface area (Å²) in [5.74, 6) is 0.741. The van der Waals surface area contributed by atoms with E-state index in [4.69, 9.17) is 0 Å². The van der Waals surface area contributed by atoms with Crippen LogP contribution in [-0.4, -0.2) is 42.8 Å². The minimum atomic E-state index is -0.220. The van der Waals surface area contributed by atoms with Gasteiger partial charge in [-0.1, -0.05) is 19.1 Å². The zero-order valence-electron chi connectivity index (χ0n) is 15.9. The van der Waals surface area contributed by atoms with Crippen LogP contribution >= 0.6 is 11.3 Å². The number of nitrogens with one attached hydrogen (secondary N) is 1. The van der Waals surface area contributed by atoms with Crippen LogP contribution in [0.25, 0.3) is 21.7 Å². The van der Waals surface area contributed by atoms with Gasteiger partial charge >= 0.3 is 0 Å². The van der Waals surface area contributed by atoms with Gasteiger partial charge in [0.05, 0.1) is 23.1 Å². The summed E-state index contributed by atoms with van der Waals surface area (Å²) in [6, 6.07) is 8.84. The quantitative estimate of drug-likeness (QED) is 0.546. The molecule has 0 spiro atoms. The molecule has 9 heteroatoms. The lowest BCUT2D eigenvalue weighted by Gasteiger charge is -2.16. The third-order valence-electron chi connectivity index (χ3n) is 4.38. The van der Waals surface area contributed by atoms with Crippen molar-refractivity contribution in [3.63, 3.8) is 0 Å². The van der Waals surface area contributed by atoms with Gasteiger partial charge in [-0.2, -0.15) is 0 Å². The number of nitrogens with zero attached hydrogens (tertiary/aromatic N) is 5. The van der Waals surface area contributed by atoms with Crippen molar-refractivity contribution in [3.05, 3.63) is 69.5 Å². The molecule has 1 N–H and O–H groups in total. The molecule has 3 heterocycles. The maximum atomic E-state index is 13.1. The van der Waals surface area contributed by atoms with Gasteiger partial charge in [-0.05, 0) is 24.6 Å². The van der Waals surface area contributed by atoms with Crippen molar-refractivity contribution in [1.82, 2.24) is 29.8 Å². The van der Waals surface area contributed by atoms with Crippen molar-refractivity contribution in [1.29, 1.82) is 0 Å². The number of aromatic nitrogens is 5. The van der Waals surface area contributed by atoms with E-state index in [1.54, 1.807) is 43.7 Å². The molecule has 0 saturated heterocycles. The van der Waals surface area contributed by atoms with Gasteiger partial charge in [-0.3, -0.25) is 9.59 Å². The normalized spacial score (nSPS) is 11.0. The van der Waals surface area contributed by atoms with Gasteiger partial charge in [0.2, 0.25) is 0 Å². The highest BCUT2D eigenvalue weighted by molar-refractivity contribution is 7.17. The van der Waals surface area contributed by atoms with Crippen LogP contribution in [0.15, 0.2) is 47.5 Å². The molecule has 0 aliphatic heterocycles. The molecule has 29 heavy (non-hydrogen) atoms. The summed E-state index contributed by atoms with van der Waals surface area (Å²) in [4.78, 5) is 47.6. The largest absolute Gasteiger partial charge is 0.333 e. The Hall–Kier alpha value is -3.46. The Kier molecular flexibility index (Phi) is 5.13. The van der Waals surface area contributed by atoms with Crippen LogP contribution < -0.4 is 5.56 Å². The van der Waals surface area contributed by atoms with Crippen molar-refractivity contribution < 1.29 is 4.79 Å². The number of hydrogen-bond acceptors (Lipinski definition) is 7. The summed E-state index contributed by atoms with van der Waals surface area (Å²) >= 11 is 1.27. The number of rotatable bonds is 5. The molecule has 0 radical (unpaired) electrons. The van der Waals surface area contributed by atoms with Crippen molar-refractivity contribution >= 4 is 28.1 Å². The monoisotopic (exact) mass is 406 g/mol. The Labute approximate surface area is 170 Å². The van der Waals surface area contributed by atoms with Crippen LogP contribution in [0.3, 0.4) is 0 Å². The first kappa shape index (κ1) is 18.9. The lowest BCUT2D eigenvalue weighted by atomic mass is 10.2. The molecule has 0 saturated carbocycles. The number of aryl methyl sites for hydroxylation is 1. The van der Waals surface area contributed by atoms with E-state index in [1.807, 2.05) is 13.0 Å². The second-order valence-corrected chi connectivity index (χ2v) is 7.41. The average molecular weight is 406 g/mol. The highest BCUT2D eigenvalue weighted by Gasteiger charge is 2.22. The minimum Gasteiger partial charge on any atom is -0.333 e. The molecule has 0 aliphatic carbocycles. The Balaban J connectivity index is 1.61. The summed E-state index contributed by atoms with van der Waals surface area (Å²) in [6.45, 7) is 2.13. The number of thiazole rings is 1. The number of amides is 1. The minimum absolute atomic E-state index is 0.178. The maximum Gasteiger partial charge on any atom is 0.266 e. The fourth-order valence-electron chi connectivity index (χ4n) is 2.94. The SMILES string of the molecule is CCc1nc(-c2ncccn2)sc1C(=O)N(C)Cc1nc2ccccc2c(=O)[nH]1. The standard InChI is InChI=1S/C20H18N6O2S/c1-3-13-16(29-19(24-13)17-21-9-6-10-22-17)20(28)26(2)11-15-23-14-8-5-4-7-12(14)18(27)25-15/h4-10H,3,11H2,1-2H3,(H,23,25,27). The zero-order chi connectivity index (χ0) is 20.4. The molecule has 146 valence electrons. The molecule has 4 aromatic rings. The van der Waals surface area contributed by atoms with E-state index in [9.17, 15) is 9.59 Å². The van der Waals surface area contributed by atoms with Crippen LogP contribution in [0.1, 0.15) is 28.1 Å². The van der Waals surface area contributed by atoms with Gasteiger partial charge in [0.25, 0.3) is 11.5 Å². The number of carbonyl (C=O) groups excluding carboxylic acids is 1. The summed E-state index contributed by atoms with van der Waals surface area (Å²) < 4.78 is 0. The van der Waals surface area contributed by atoms with Crippen LogP contribution in [-0.2, 0) is 13.0 Å². The molecule has 0 unspecified atom stereocenters. The van der Waals surface area contributed by atoms with E-state index in [0.29, 0.717) is 44.6 Å². The number of fused-ring (bicyclic) bond motifs is 1. The predicted octanol–water partition coefficient (Wildman–Crippen LogP) is 2.67. The second kappa shape index (κ2) is 7.88. The van der Waals surface area contributed by atoms with Gasteiger partial charge in [0.15, 0.2) is 10.8 Å². The van der Waals surface area contributed by atoms with E-state index in [-0.39, 0.29) is 18.0 Å². The first-order chi connectivity index (χ1) is 14.1. The lowest BCUT2D eigenvalue weighted by Crippen LogP contribution is -2.28. The van der Waals surface area contributed by atoms with Crippen LogP contribution in [0.2, 0.25) is 0 Å². The van der Waals surface area contributed by atoms with Crippen LogP contribution in [0.5, 0.6) is 0 Å². The predicted molar refractivity (Wildman–Crippen MR) is 111 cm³/mol. The van der Waals surface area contributed by atoms with Crippen molar-refractivity contribution in [2.45, 2.75) is 19.9 Å². The van der Waals surface area contributed by atoms with Gasteiger partial charge in [0, 0.05) is 19.4 Å². The van der Waals surface area contributed by atoms with Crippen molar-refractivity contribution in [2.24, 2.45) is 0 Å². The molecular formula is C20H18N6O2S. The number of H-pyrrole nitrogens is 1. The van der Waals surface area contributed by atoms with Crippen LogP contribution in [0, 0.1) is 0 Å². The molecule has 0 fully saturated rings. The Morgan fingerprint density at radius 1 is 1.14 bits per heavy atom. The van der Waals surface area contributed by atoms with Crippen molar-refractivity contribution in [3.8, 4) is 10.8 Å². The summed E-state index contributed by atoms with van der Waals surface area (Å²) in [5, 5.41) is 1.13. The second-order valence-electron chi connectivity index (χ2n) is 6.41. The maximum absolute atomic E-state index is 13.1. The topological polar surface area (TPSA) is 105 Å². The zero-order valence-corrected chi connectivity index (χ0v) is 16.7. The Morgan fingerprint density at radius 2 is 1.90 bits per heavy atom. The highest BCUT2D eigenvalue weighted by Crippen LogP contribution is 2.27. The van der Waals surface area contributed by atoms with E-state index in [0.717, 1.165) is 0 Å². The fraction of sp³-hybridized carbons (Fsp3) is 0.200. The number of para-hydroxylation sites is 1.